The fourth-order valence-corrected chi connectivity index (χ4v) is 2.64. The maximum atomic E-state index is 12.5. The van der Waals surface area contributed by atoms with Crippen molar-refractivity contribution in [1.82, 2.24) is 15.3 Å². The summed E-state index contributed by atoms with van der Waals surface area (Å²) in [6.45, 7) is 5.55. The molecule has 2 aromatic carbocycles. The zero-order chi connectivity index (χ0) is 18.8. The van der Waals surface area contributed by atoms with E-state index >= 15 is 0 Å². The molecule has 0 bridgehead atoms. The van der Waals surface area contributed by atoms with Gasteiger partial charge in [-0.25, -0.2) is 9.97 Å². The second-order valence-corrected chi connectivity index (χ2v) is 6.15. The number of nitrogens with zero attached hydrogens (tertiary/aromatic N) is 3. The second kappa shape index (κ2) is 6.87. The van der Waals surface area contributed by atoms with Crippen LogP contribution in [-0.2, 0) is 0 Å². The lowest BCUT2D eigenvalue weighted by Gasteiger charge is -2.14. The summed E-state index contributed by atoms with van der Waals surface area (Å²) in [5.74, 6) is -0.272. The number of aryl methyl sites for hydroxylation is 2. The Morgan fingerprint density at radius 2 is 1.77 bits per heavy atom. The van der Waals surface area contributed by atoms with Gasteiger partial charge in [-0.05, 0) is 44.5 Å². The first-order valence-corrected chi connectivity index (χ1v) is 8.15. The average molecular weight is 350 g/mol. The molecule has 0 aliphatic carbocycles. The summed E-state index contributed by atoms with van der Waals surface area (Å²) in [6, 6.07) is 11.0. The van der Waals surface area contributed by atoms with E-state index < -0.39 is 4.92 Å². The number of fused-ring (bicyclic) bond motifs is 1. The molecule has 0 saturated carbocycles. The molecule has 1 aromatic heterocycles. The van der Waals surface area contributed by atoms with Crippen molar-refractivity contribution in [2.24, 2.45) is 0 Å². The molecular formula is C19H18N4O3. The molecule has 132 valence electrons. The highest BCUT2D eigenvalue weighted by molar-refractivity contribution is 5.97. The number of aromatic nitrogens is 2. The molecule has 0 aliphatic heterocycles. The molecule has 7 heteroatoms. The van der Waals surface area contributed by atoms with Gasteiger partial charge in [0.25, 0.3) is 11.6 Å². The molecule has 0 unspecified atom stereocenters. The van der Waals surface area contributed by atoms with Gasteiger partial charge >= 0.3 is 0 Å². The van der Waals surface area contributed by atoms with E-state index in [1.165, 1.54) is 12.1 Å². The minimum atomic E-state index is -0.454. The van der Waals surface area contributed by atoms with Crippen LogP contribution in [0, 0.1) is 24.0 Å². The van der Waals surface area contributed by atoms with E-state index in [-0.39, 0.29) is 17.6 Å². The smallest absolute Gasteiger partial charge is 0.269 e. The van der Waals surface area contributed by atoms with Crippen molar-refractivity contribution < 1.29 is 9.72 Å². The largest absolute Gasteiger partial charge is 0.346 e. The Labute approximate surface area is 150 Å². The zero-order valence-electron chi connectivity index (χ0n) is 14.7. The third-order valence-electron chi connectivity index (χ3n) is 4.27. The first-order chi connectivity index (χ1) is 12.3. The van der Waals surface area contributed by atoms with Crippen LogP contribution in [0.3, 0.4) is 0 Å². The molecule has 3 aromatic rings. The van der Waals surface area contributed by atoms with Crippen molar-refractivity contribution >= 4 is 22.6 Å². The van der Waals surface area contributed by atoms with Crippen LogP contribution in [-0.4, -0.2) is 20.8 Å². The summed E-state index contributed by atoms with van der Waals surface area (Å²) in [7, 11) is 0. The number of rotatable bonds is 4. The molecule has 0 radical (unpaired) electrons. The molecule has 1 atom stereocenters. The zero-order valence-corrected chi connectivity index (χ0v) is 14.7. The first-order valence-electron chi connectivity index (χ1n) is 8.15. The van der Waals surface area contributed by atoms with Crippen molar-refractivity contribution in [2.75, 3.05) is 0 Å². The first kappa shape index (κ1) is 17.5. The normalized spacial score (nSPS) is 12.0. The highest BCUT2D eigenvalue weighted by atomic mass is 16.6. The van der Waals surface area contributed by atoms with Crippen molar-refractivity contribution in [3.8, 4) is 0 Å². The van der Waals surface area contributed by atoms with Crippen LogP contribution in [0.15, 0.2) is 42.5 Å². The number of hydrogen-bond acceptors (Lipinski definition) is 5. The fraction of sp³-hybridized carbons (Fsp3) is 0.211. The molecule has 0 aliphatic rings. The van der Waals surface area contributed by atoms with Gasteiger partial charge in [0, 0.05) is 17.7 Å². The topological polar surface area (TPSA) is 98.0 Å². The summed E-state index contributed by atoms with van der Waals surface area (Å²) < 4.78 is 0. The lowest BCUT2D eigenvalue weighted by Crippen LogP contribution is -2.26. The summed E-state index contributed by atoms with van der Waals surface area (Å²) in [4.78, 5) is 31.9. The molecule has 1 amide bonds. The number of non-ortho nitro benzene ring substituents is 1. The summed E-state index contributed by atoms with van der Waals surface area (Å²) in [6.07, 6.45) is 0. The molecule has 0 fully saturated rings. The Morgan fingerprint density at radius 3 is 2.46 bits per heavy atom. The average Bonchev–Trinajstić information content (AvgIpc) is 2.62. The minimum Gasteiger partial charge on any atom is -0.346 e. The van der Waals surface area contributed by atoms with E-state index in [0.717, 1.165) is 16.9 Å². The van der Waals surface area contributed by atoms with Crippen molar-refractivity contribution in [3.63, 3.8) is 0 Å². The Bertz CT molecular complexity index is 1020. The second-order valence-electron chi connectivity index (χ2n) is 6.15. The van der Waals surface area contributed by atoms with Crippen LogP contribution in [0.4, 0.5) is 5.69 Å². The Kier molecular flexibility index (Phi) is 4.62. The van der Waals surface area contributed by atoms with E-state index in [2.05, 4.69) is 15.3 Å². The third-order valence-corrected chi connectivity index (χ3v) is 4.27. The molecule has 0 spiro atoms. The Balaban J connectivity index is 1.83. The molecule has 1 heterocycles. The van der Waals surface area contributed by atoms with Gasteiger partial charge in [0.15, 0.2) is 0 Å². The molecule has 0 saturated heterocycles. The summed E-state index contributed by atoms with van der Waals surface area (Å²) in [5.41, 5.74) is 4.19. The molecule has 26 heavy (non-hydrogen) atoms. The van der Waals surface area contributed by atoms with Gasteiger partial charge in [-0.1, -0.05) is 12.1 Å². The van der Waals surface area contributed by atoms with Gasteiger partial charge in [0.2, 0.25) is 0 Å². The van der Waals surface area contributed by atoms with Crippen molar-refractivity contribution in [2.45, 2.75) is 26.8 Å². The predicted octanol–water partition coefficient (Wildman–Crippen LogP) is 3.65. The number of nitro groups is 1. The maximum absolute atomic E-state index is 12.5. The Hall–Kier alpha value is -3.35. The number of carbonyl (C=O) groups is 1. The number of hydrogen-bond donors (Lipinski definition) is 1. The van der Waals surface area contributed by atoms with E-state index in [0.29, 0.717) is 16.6 Å². The van der Waals surface area contributed by atoms with E-state index in [9.17, 15) is 14.9 Å². The van der Waals surface area contributed by atoms with Gasteiger partial charge in [-0.3, -0.25) is 14.9 Å². The lowest BCUT2D eigenvalue weighted by atomic mass is 10.1. The number of nitro benzene ring substituents is 1. The van der Waals surface area contributed by atoms with Crippen LogP contribution >= 0.6 is 0 Å². The predicted molar refractivity (Wildman–Crippen MR) is 98.0 cm³/mol. The Morgan fingerprint density at radius 1 is 1.08 bits per heavy atom. The highest BCUT2D eigenvalue weighted by Crippen LogP contribution is 2.20. The number of nitrogens with one attached hydrogen (secondary N) is 1. The maximum Gasteiger partial charge on any atom is 0.269 e. The summed E-state index contributed by atoms with van der Waals surface area (Å²) >= 11 is 0. The van der Waals surface area contributed by atoms with Crippen LogP contribution in [0.2, 0.25) is 0 Å². The quantitative estimate of drug-likeness (QED) is 0.572. The molecule has 7 nitrogen and oxygen atoms in total. The molecular weight excluding hydrogens is 332 g/mol. The van der Waals surface area contributed by atoms with Gasteiger partial charge in [-0.2, -0.15) is 0 Å². The third kappa shape index (κ3) is 3.51. The van der Waals surface area contributed by atoms with Gasteiger partial charge < -0.3 is 5.32 Å². The monoisotopic (exact) mass is 350 g/mol. The van der Waals surface area contributed by atoms with Gasteiger partial charge in [0.05, 0.1) is 33.4 Å². The van der Waals surface area contributed by atoms with Crippen molar-refractivity contribution in [1.29, 1.82) is 0 Å². The van der Waals surface area contributed by atoms with E-state index in [4.69, 9.17) is 0 Å². The van der Waals surface area contributed by atoms with Gasteiger partial charge in [0.1, 0.15) is 0 Å². The number of carbonyl (C=O) groups excluding carboxylic acids is 1. The van der Waals surface area contributed by atoms with Crippen LogP contribution in [0.1, 0.15) is 40.3 Å². The van der Waals surface area contributed by atoms with E-state index in [1.54, 1.807) is 37.3 Å². The van der Waals surface area contributed by atoms with Crippen molar-refractivity contribution in [3.05, 3.63) is 75.1 Å². The van der Waals surface area contributed by atoms with Crippen LogP contribution in [0.25, 0.3) is 11.0 Å². The molecule has 3 rings (SSSR count). The standard InChI is InChI=1S/C19H18N4O3/c1-11-12(2)21-18-10-15(7-8-17(18)20-11)19(24)22-13(3)14-5-4-6-16(9-14)23(25)26/h4-10,13H,1-3H3,(H,22,24)/t13-/m1/s1. The van der Waals surface area contributed by atoms with E-state index in [1.807, 2.05) is 13.8 Å². The fourth-order valence-electron chi connectivity index (χ4n) is 2.64. The van der Waals surface area contributed by atoms with Crippen LogP contribution < -0.4 is 5.32 Å². The summed E-state index contributed by atoms with van der Waals surface area (Å²) in [5, 5.41) is 13.8. The lowest BCUT2D eigenvalue weighted by molar-refractivity contribution is -0.384. The van der Waals surface area contributed by atoms with Gasteiger partial charge in [-0.15, -0.1) is 0 Å². The SMILES string of the molecule is Cc1nc2ccc(C(=O)N[C@H](C)c3cccc([N+](=O)[O-])c3)cc2nc1C. The minimum absolute atomic E-state index is 0.00424. The van der Waals surface area contributed by atoms with Crippen LogP contribution in [0.5, 0.6) is 0 Å². The molecule has 1 N–H and O–H groups in total. The number of benzene rings is 2. The highest BCUT2D eigenvalue weighted by Gasteiger charge is 2.15. The number of amides is 1.